The van der Waals surface area contributed by atoms with Crippen LogP contribution in [-0.2, 0) is 5.54 Å². The third-order valence-corrected chi connectivity index (χ3v) is 3.06. The summed E-state index contributed by atoms with van der Waals surface area (Å²) >= 11 is 0. The van der Waals surface area contributed by atoms with Crippen LogP contribution in [0.15, 0.2) is 48.8 Å². The third kappa shape index (κ3) is 2.63. The first-order valence-electron chi connectivity index (χ1n) is 5.94. The van der Waals surface area contributed by atoms with Crippen LogP contribution >= 0.6 is 0 Å². The molecule has 1 aromatic carbocycles. The van der Waals surface area contributed by atoms with Crippen LogP contribution in [0.4, 0.5) is 0 Å². The number of ketones is 1. The number of hydrogen-bond acceptors (Lipinski definition) is 4. The Morgan fingerprint density at radius 2 is 1.95 bits per heavy atom. The second-order valence-corrected chi connectivity index (χ2v) is 4.51. The van der Waals surface area contributed by atoms with Gasteiger partial charge in [0.1, 0.15) is 11.3 Å². The molecule has 1 heterocycles. The summed E-state index contributed by atoms with van der Waals surface area (Å²) in [6, 6.07) is 10.9. The Bertz CT molecular complexity index is 580. The van der Waals surface area contributed by atoms with Gasteiger partial charge in [0, 0.05) is 11.8 Å². The molecule has 2 aromatic rings. The number of hydrogen-bond donors (Lipinski definition) is 1. The van der Waals surface area contributed by atoms with Gasteiger partial charge in [0.25, 0.3) is 0 Å². The van der Waals surface area contributed by atoms with Crippen LogP contribution in [0.5, 0.6) is 5.75 Å². The van der Waals surface area contributed by atoms with Gasteiger partial charge >= 0.3 is 0 Å². The Morgan fingerprint density at radius 1 is 1.26 bits per heavy atom. The van der Waals surface area contributed by atoms with E-state index in [2.05, 4.69) is 4.98 Å². The minimum absolute atomic E-state index is 0.190. The summed E-state index contributed by atoms with van der Waals surface area (Å²) in [5.41, 5.74) is 6.30. The first-order valence-corrected chi connectivity index (χ1v) is 5.94. The van der Waals surface area contributed by atoms with Crippen molar-refractivity contribution in [1.82, 2.24) is 4.98 Å². The van der Waals surface area contributed by atoms with E-state index in [1.54, 1.807) is 19.2 Å². The molecule has 2 N–H and O–H groups in total. The highest BCUT2D eigenvalue weighted by atomic mass is 16.5. The standard InChI is InChI=1S/C15H16N2O2/c1-15(16,12-6-4-3-5-7-12)14(18)11-8-13(19-2)10-17-9-11/h3-10H,16H2,1-2H3. The molecule has 4 nitrogen and oxygen atoms in total. The van der Waals surface area contributed by atoms with E-state index in [0.717, 1.165) is 5.56 Å². The highest BCUT2D eigenvalue weighted by molar-refractivity contribution is 6.03. The van der Waals surface area contributed by atoms with E-state index in [9.17, 15) is 4.79 Å². The van der Waals surface area contributed by atoms with Crippen molar-refractivity contribution < 1.29 is 9.53 Å². The molecule has 98 valence electrons. The largest absolute Gasteiger partial charge is 0.495 e. The zero-order valence-corrected chi connectivity index (χ0v) is 11.0. The molecule has 1 aromatic heterocycles. The van der Waals surface area contributed by atoms with Crippen LogP contribution in [0.25, 0.3) is 0 Å². The molecule has 1 unspecified atom stereocenters. The summed E-state index contributed by atoms with van der Waals surface area (Å²) in [4.78, 5) is 16.5. The number of rotatable bonds is 4. The highest BCUT2D eigenvalue weighted by Gasteiger charge is 2.31. The number of nitrogens with zero attached hydrogens (tertiary/aromatic N) is 1. The van der Waals surface area contributed by atoms with E-state index in [4.69, 9.17) is 10.5 Å². The van der Waals surface area contributed by atoms with Crippen molar-refractivity contribution in [3.63, 3.8) is 0 Å². The van der Waals surface area contributed by atoms with Crippen LogP contribution in [0, 0.1) is 0 Å². The van der Waals surface area contributed by atoms with Gasteiger partial charge in [-0.2, -0.15) is 0 Å². The van der Waals surface area contributed by atoms with Crippen LogP contribution in [0.1, 0.15) is 22.8 Å². The molecule has 0 saturated carbocycles. The molecular formula is C15H16N2O2. The summed E-state index contributed by atoms with van der Waals surface area (Å²) in [6.45, 7) is 1.70. The Kier molecular flexibility index (Phi) is 3.62. The monoisotopic (exact) mass is 256 g/mol. The Hall–Kier alpha value is -2.20. The fourth-order valence-electron chi connectivity index (χ4n) is 1.87. The van der Waals surface area contributed by atoms with Gasteiger partial charge in [0.2, 0.25) is 0 Å². The molecule has 0 spiro atoms. The average molecular weight is 256 g/mol. The summed E-state index contributed by atoms with van der Waals surface area (Å²) in [5.74, 6) is 0.347. The summed E-state index contributed by atoms with van der Waals surface area (Å²) < 4.78 is 5.07. The van der Waals surface area contributed by atoms with E-state index in [-0.39, 0.29) is 5.78 Å². The zero-order valence-electron chi connectivity index (χ0n) is 11.0. The molecule has 0 radical (unpaired) electrons. The van der Waals surface area contributed by atoms with Gasteiger partial charge in [-0.3, -0.25) is 9.78 Å². The number of methoxy groups -OCH3 is 1. The smallest absolute Gasteiger partial charge is 0.188 e. The van der Waals surface area contributed by atoms with E-state index in [1.807, 2.05) is 30.3 Å². The van der Waals surface area contributed by atoms with Crippen molar-refractivity contribution in [1.29, 1.82) is 0 Å². The van der Waals surface area contributed by atoms with Crippen LogP contribution in [0.2, 0.25) is 0 Å². The lowest BCUT2D eigenvalue weighted by Crippen LogP contribution is -2.41. The van der Waals surface area contributed by atoms with E-state index < -0.39 is 5.54 Å². The fourth-order valence-corrected chi connectivity index (χ4v) is 1.87. The SMILES string of the molecule is COc1cncc(C(=O)C(C)(N)c2ccccc2)c1. The minimum atomic E-state index is -1.09. The van der Waals surface area contributed by atoms with Gasteiger partial charge in [-0.05, 0) is 18.6 Å². The molecule has 0 aliphatic heterocycles. The predicted octanol–water partition coefficient (Wildman–Crippen LogP) is 2.15. The number of nitrogens with two attached hydrogens (primary N) is 1. The van der Waals surface area contributed by atoms with Gasteiger partial charge in [0.05, 0.1) is 13.3 Å². The maximum absolute atomic E-state index is 12.5. The topological polar surface area (TPSA) is 65.2 Å². The van der Waals surface area contributed by atoms with Gasteiger partial charge in [-0.1, -0.05) is 30.3 Å². The van der Waals surface area contributed by atoms with Crippen LogP contribution in [0.3, 0.4) is 0 Å². The minimum Gasteiger partial charge on any atom is -0.495 e. The number of aromatic nitrogens is 1. The van der Waals surface area contributed by atoms with Crippen molar-refractivity contribution in [3.8, 4) is 5.75 Å². The fraction of sp³-hybridized carbons (Fsp3) is 0.200. The van der Waals surface area contributed by atoms with Crippen molar-refractivity contribution >= 4 is 5.78 Å². The number of pyridine rings is 1. The number of carbonyl (C=O) groups excluding carboxylic acids is 1. The van der Waals surface area contributed by atoms with Gasteiger partial charge in [-0.25, -0.2) is 0 Å². The first kappa shape index (κ1) is 13.2. The maximum Gasteiger partial charge on any atom is 0.188 e. The predicted molar refractivity (Wildman–Crippen MR) is 73.1 cm³/mol. The quantitative estimate of drug-likeness (QED) is 0.851. The highest BCUT2D eigenvalue weighted by Crippen LogP contribution is 2.23. The molecule has 4 heteroatoms. The molecule has 0 aliphatic rings. The Balaban J connectivity index is 2.37. The van der Waals surface area contributed by atoms with E-state index in [1.165, 1.54) is 13.3 Å². The van der Waals surface area contributed by atoms with Crippen molar-refractivity contribution in [2.45, 2.75) is 12.5 Å². The molecular weight excluding hydrogens is 240 g/mol. The number of carbonyl (C=O) groups is 1. The van der Waals surface area contributed by atoms with Crippen molar-refractivity contribution in [2.75, 3.05) is 7.11 Å². The van der Waals surface area contributed by atoms with Gasteiger partial charge in [-0.15, -0.1) is 0 Å². The lowest BCUT2D eigenvalue weighted by Gasteiger charge is -2.23. The lowest BCUT2D eigenvalue weighted by atomic mass is 9.86. The number of Topliss-reactive ketones (excluding diaryl/α,β-unsaturated/α-hetero) is 1. The molecule has 0 fully saturated rings. The van der Waals surface area contributed by atoms with E-state index >= 15 is 0 Å². The zero-order chi connectivity index (χ0) is 13.9. The third-order valence-electron chi connectivity index (χ3n) is 3.06. The van der Waals surface area contributed by atoms with Gasteiger partial charge in [0.15, 0.2) is 5.78 Å². The Morgan fingerprint density at radius 3 is 2.58 bits per heavy atom. The molecule has 1 atom stereocenters. The van der Waals surface area contributed by atoms with Crippen molar-refractivity contribution in [3.05, 3.63) is 59.9 Å². The molecule has 19 heavy (non-hydrogen) atoms. The summed E-state index contributed by atoms with van der Waals surface area (Å²) in [6.07, 6.45) is 3.05. The second-order valence-electron chi connectivity index (χ2n) is 4.51. The van der Waals surface area contributed by atoms with Gasteiger partial charge < -0.3 is 10.5 Å². The summed E-state index contributed by atoms with van der Waals surface area (Å²) in [5, 5.41) is 0. The molecule has 0 amide bonds. The van der Waals surface area contributed by atoms with E-state index in [0.29, 0.717) is 11.3 Å². The number of ether oxygens (including phenoxy) is 1. The average Bonchev–Trinajstić information content (AvgIpc) is 2.47. The van der Waals surface area contributed by atoms with Crippen LogP contribution in [-0.4, -0.2) is 17.9 Å². The molecule has 0 bridgehead atoms. The maximum atomic E-state index is 12.5. The molecule has 0 aliphatic carbocycles. The second kappa shape index (κ2) is 5.20. The van der Waals surface area contributed by atoms with Crippen molar-refractivity contribution in [2.24, 2.45) is 5.73 Å². The molecule has 2 rings (SSSR count). The normalized spacial score (nSPS) is 13.6. The van der Waals surface area contributed by atoms with Crippen LogP contribution < -0.4 is 10.5 Å². The first-order chi connectivity index (χ1) is 9.05. The summed E-state index contributed by atoms with van der Waals surface area (Å²) in [7, 11) is 1.53. The Labute approximate surface area is 112 Å². The molecule has 0 saturated heterocycles. The number of benzene rings is 1. The lowest BCUT2D eigenvalue weighted by molar-refractivity contribution is 0.0899.